The van der Waals surface area contributed by atoms with Gasteiger partial charge in [0.25, 0.3) is 5.91 Å². The number of amides is 1. The zero-order chi connectivity index (χ0) is 19.1. The molecule has 1 aliphatic heterocycles. The van der Waals surface area contributed by atoms with Crippen molar-refractivity contribution < 1.29 is 14.3 Å². The summed E-state index contributed by atoms with van der Waals surface area (Å²) in [6.07, 6.45) is 6.28. The first kappa shape index (κ1) is 18.9. The maximum atomic E-state index is 12.5. The molecule has 3 rings (SSSR count). The van der Waals surface area contributed by atoms with Gasteiger partial charge in [-0.2, -0.15) is 0 Å². The van der Waals surface area contributed by atoms with E-state index in [1.807, 2.05) is 18.2 Å². The predicted octanol–water partition coefficient (Wildman–Crippen LogP) is 2.80. The SMILES string of the molecule is COc1ccc(CNC(=O)c2cc(N3CCCCCC3)ncn2)cc1OC. The molecule has 1 amide bonds. The van der Waals surface area contributed by atoms with Gasteiger partial charge in [-0.05, 0) is 30.5 Å². The van der Waals surface area contributed by atoms with Gasteiger partial charge in [0.2, 0.25) is 0 Å². The molecular formula is C20H26N4O3. The van der Waals surface area contributed by atoms with Gasteiger partial charge in [0.15, 0.2) is 11.5 Å². The Morgan fingerprint density at radius 2 is 1.78 bits per heavy atom. The first-order valence-corrected chi connectivity index (χ1v) is 9.27. The number of nitrogens with zero attached hydrogens (tertiary/aromatic N) is 3. The summed E-state index contributed by atoms with van der Waals surface area (Å²) in [5.74, 6) is 1.90. The van der Waals surface area contributed by atoms with Gasteiger partial charge in [-0.15, -0.1) is 0 Å². The molecule has 0 saturated carbocycles. The van der Waals surface area contributed by atoms with E-state index < -0.39 is 0 Å². The van der Waals surface area contributed by atoms with Crippen LogP contribution in [0.5, 0.6) is 11.5 Å². The average molecular weight is 370 g/mol. The summed E-state index contributed by atoms with van der Waals surface area (Å²) in [5, 5.41) is 2.90. The van der Waals surface area contributed by atoms with Crippen molar-refractivity contribution >= 4 is 11.7 Å². The van der Waals surface area contributed by atoms with Crippen molar-refractivity contribution in [2.24, 2.45) is 0 Å². The summed E-state index contributed by atoms with van der Waals surface area (Å²) < 4.78 is 10.5. The number of benzene rings is 1. The van der Waals surface area contributed by atoms with E-state index in [0.29, 0.717) is 23.7 Å². The van der Waals surface area contributed by atoms with Gasteiger partial charge in [0.1, 0.15) is 17.8 Å². The molecule has 27 heavy (non-hydrogen) atoms. The highest BCUT2D eigenvalue weighted by Crippen LogP contribution is 2.27. The molecule has 0 radical (unpaired) electrons. The minimum absolute atomic E-state index is 0.219. The van der Waals surface area contributed by atoms with Crippen molar-refractivity contribution in [2.75, 3.05) is 32.2 Å². The van der Waals surface area contributed by atoms with Crippen LogP contribution in [0.2, 0.25) is 0 Å². The summed E-state index contributed by atoms with van der Waals surface area (Å²) in [6.45, 7) is 2.33. The molecule has 0 atom stereocenters. The number of nitrogens with one attached hydrogen (secondary N) is 1. The molecule has 1 fully saturated rings. The van der Waals surface area contributed by atoms with Gasteiger partial charge in [-0.25, -0.2) is 9.97 Å². The maximum absolute atomic E-state index is 12.5. The summed E-state index contributed by atoms with van der Waals surface area (Å²) >= 11 is 0. The zero-order valence-electron chi connectivity index (χ0n) is 15.9. The molecule has 0 bridgehead atoms. The fourth-order valence-electron chi connectivity index (χ4n) is 3.21. The largest absolute Gasteiger partial charge is 0.493 e. The molecule has 1 aromatic carbocycles. The Kier molecular flexibility index (Phi) is 6.46. The average Bonchev–Trinajstić information content (AvgIpc) is 3.01. The molecule has 2 aromatic rings. The summed E-state index contributed by atoms with van der Waals surface area (Å²) in [7, 11) is 3.18. The number of ether oxygens (including phenoxy) is 2. The normalized spacial score (nSPS) is 14.4. The van der Waals surface area contributed by atoms with Crippen molar-refractivity contribution in [3.63, 3.8) is 0 Å². The lowest BCUT2D eigenvalue weighted by atomic mass is 10.2. The Morgan fingerprint density at radius 1 is 1.04 bits per heavy atom. The van der Waals surface area contributed by atoms with Crippen LogP contribution in [0.4, 0.5) is 5.82 Å². The van der Waals surface area contributed by atoms with Crippen LogP contribution in [-0.4, -0.2) is 43.2 Å². The van der Waals surface area contributed by atoms with Gasteiger partial charge in [-0.1, -0.05) is 18.9 Å². The van der Waals surface area contributed by atoms with Gasteiger partial charge in [0, 0.05) is 25.7 Å². The fraction of sp³-hybridized carbons (Fsp3) is 0.450. The van der Waals surface area contributed by atoms with Gasteiger partial charge < -0.3 is 19.7 Å². The number of carbonyl (C=O) groups is 1. The van der Waals surface area contributed by atoms with E-state index in [-0.39, 0.29) is 5.91 Å². The van der Waals surface area contributed by atoms with E-state index in [4.69, 9.17) is 9.47 Å². The van der Waals surface area contributed by atoms with Gasteiger partial charge in [-0.3, -0.25) is 4.79 Å². The van der Waals surface area contributed by atoms with E-state index in [9.17, 15) is 4.79 Å². The van der Waals surface area contributed by atoms with E-state index in [1.165, 1.54) is 19.2 Å². The molecule has 0 unspecified atom stereocenters. The third kappa shape index (κ3) is 4.87. The van der Waals surface area contributed by atoms with Crippen LogP contribution in [0.25, 0.3) is 0 Å². The van der Waals surface area contributed by atoms with Crippen molar-refractivity contribution in [1.82, 2.24) is 15.3 Å². The Labute approximate surface area is 159 Å². The van der Waals surface area contributed by atoms with Crippen LogP contribution in [0.3, 0.4) is 0 Å². The number of methoxy groups -OCH3 is 2. The summed E-state index contributed by atoms with van der Waals surface area (Å²) in [4.78, 5) is 23.2. The van der Waals surface area contributed by atoms with Crippen molar-refractivity contribution in [3.8, 4) is 11.5 Å². The zero-order valence-corrected chi connectivity index (χ0v) is 15.9. The predicted molar refractivity (Wildman–Crippen MR) is 103 cm³/mol. The molecule has 0 aliphatic carbocycles. The molecule has 0 spiro atoms. The lowest BCUT2D eigenvalue weighted by Gasteiger charge is -2.21. The summed E-state index contributed by atoms with van der Waals surface area (Å²) in [6, 6.07) is 7.34. The second-order valence-corrected chi connectivity index (χ2v) is 6.53. The smallest absolute Gasteiger partial charge is 0.270 e. The second-order valence-electron chi connectivity index (χ2n) is 6.53. The van der Waals surface area contributed by atoms with E-state index in [1.54, 1.807) is 20.3 Å². The fourth-order valence-corrected chi connectivity index (χ4v) is 3.21. The first-order chi connectivity index (χ1) is 13.2. The highest BCUT2D eigenvalue weighted by Gasteiger charge is 2.15. The quantitative estimate of drug-likeness (QED) is 0.843. The van der Waals surface area contributed by atoms with E-state index >= 15 is 0 Å². The highest BCUT2D eigenvalue weighted by molar-refractivity contribution is 5.92. The monoisotopic (exact) mass is 370 g/mol. The highest BCUT2D eigenvalue weighted by atomic mass is 16.5. The second kappa shape index (κ2) is 9.21. The first-order valence-electron chi connectivity index (χ1n) is 9.27. The topological polar surface area (TPSA) is 76.6 Å². The Morgan fingerprint density at radius 3 is 2.48 bits per heavy atom. The Bertz CT molecular complexity index is 774. The molecule has 1 N–H and O–H groups in total. The lowest BCUT2D eigenvalue weighted by molar-refractivity contribution is 0.0945. The number of hydrogen-bond acceptors (Lipinski definition) is 6. The molecule has 1 saturated heterocycles. The summed E-state index contributed by atoms with van der Waals surface area (Å²) in [5.41, 5.74) is 1.30. The van der Waals surface area contributed by atoms with E-state index in [2.05, 4.69) is 20.2 Å². The maximum Gasteiger partial charge on any atom is 0.270 e. The number of aromatic nitrogens is 2. The minimum atomic E-state index is -0.219. The van der Waals surface area contributed by atoms with Gasteiger partial charge >= 0.3 is 0 Å². The molecule has 144 valence electrons. The number of hydrogen-bond donors (Lipinski definition) is 1. The molecule has 7 heteroatoms. The van der Waals surface area contributed by atoms with Gasteiger partial charge in [0.05, 0.1) is 14.2 Å². The van der Waals surface area contributed by atoms with Crippen LogP contribution >= 0.6 is 0 Å². The van der Waals surface area contributed by atoms with Crippen LogP contribution in [0, 0.1) is 0 Å². The van der Waals surface area contributed by atoms with Crippen LogP contribution in [0.15, 0.2) is 30.6 Å². The third-order valence-electron chi connectivity index (χ3n) is 4.72. The number of carbonyl (C=O) groups excluding carboxylic acids is 1. The lowest BCUT2D eigenvalue weighted by Crippen LogP contribution is -2.27. The Balaban J connectivity index is 1.65. The third-order valence-corrected chi connectivity index (χ3v) is 4.72. The molecule has 7 nitrogen and oxygen atoms in total. The number of rotatable bonds is 6. The molecule has 1 aliphatic rings. The number of anilines is 1. The standard InChI is InChI=1S/C20H26N4O3/c1-26-17-8-7-15(11-18(17)27-2)13-21-20(25)16-12-19(23-14-22-16)24-9-5-3-4-6-10-24/h7-8,11-12,14H,3-6,9-10,13H2,1-2H3,(H,21,25). The Hall–Kier alpha value is -2.83. The van der Waals surface area contributed by atoms with Crippen LogP contribution in [0.1, 0.15) is 41.7 Å². The molecule has 2 heterocycles. The molecular weight excluding hydrogens is 344 g/mol. The minimum Gasteiger partial charge on any atom is -0.493 e. The van der Waals surface area contributed by atoms with Crippen molar-refractivity contribution in [3.05, 3.63) is 41.9 Å². The molecule has 1 aromatic heterocycles. The van der Waals surface area contributed by atoms with Crippen molar-refractivity contribution in [1.29, 1.82) is 0 Å². The van der Waals surface area contributed by atoms with Crippen LogP contribution in [-0.2, 0) is 6.54 Å². The van der Waals surface area contributed by atoms with E-state index in [0.717, 1.165) is 37.3 Å². The van der Waals surface area contributed by atoms with Crippen molar-refractivity contribution in [2.45, 2.75) is 32.2 Å². The van der Waals surface area contributed by atoms with Crippen LogP contribution < -0.4 is 19.7 Å².